The number of rotatable bonds is 43. The summed E-state index contributed by atoms with van der Waals surface area (Å²) in [6.45, 7) is 4.59. The van der Waals surface area contributed by atoms with Gasteiger partial charge in [0, 0.05) is 6.42 Å². The molecule has 0 aliphatic carbocycles. The molecule has 0 spiro atoms. The molecular weight excluding hydrogens is 585 g/mol. The zero-order chi connectivity index (χ0) is 34.9. The van der Waals surface area contributed by atoms with E-state index in [1.54, 1.807) is 0 Å². The van der Waals surface area contributed by atoms with Gasteiger partial charge in [0.1, 0.15) is 6.10 Å². The number of aliphatic hydroxyl groups excluding tert-OH is 1. The Bertz CT molecular complexity index is 587. The van der Waals surface area contributed by atoms with Crippen LogP contribution >= 0.6 is 0 Å². The Hall–Kier alpha value is -0.370. The summed E-state index contributed by atoms with van der Waals surface area (Å²) >= 11 is 0. The SMILES string of the molecule is CCCCCCCCCCCCCCCCCCCCCCCC(O)C(=O)CCCCCCCCCCCCCCCCCCCCC. The fraction of sp³-hybridized carbons (Fsp3) is 0.978. The van der Waals surface area contributed by atoms with Gasteiger partial charge in [-0.05, 0) is 12.8 Å². The largest absolute Gasteiger partial charge is 0.385 e. The molecule has 288 valence electrons. The molecule has 2 heteroatoms. The fourth-order valence-electron chi connectivity index (χ4n) is 7.47. The van der Waals surface area contributed by atoms with Crippen LogP contribution in [-0.2, 0) is 4.79 Å². The van der Waals surface area contributed by atoms with Crippen molar-refractivity contribution in [1.82, 2.24) is 0 Å². The third-order valence-corrected chi connectivity index (χ3v) is 11.0. The van der Waals surface area contributed by atoms with Gasteiger partial charge in [-0.15, -0.1) is 0 Å². The highest BCUT2D eigenvalue weighted by Gasteiger charge is 2.13. The number of carbonyl (C=O) groups excluding carboxylic acids is 1. The molecule has 1 N–H and O–H groups in total. The molecule has 48 heavy (non-hydrogen) atoms. The first-order valence-corrected chi connectivity index (χ1v) is 22.9. The summed E-state index contributed by atoms with van der Waals surface area (Å²) in [5, 5.41) is 10.3. The van der Waals surface area contributed by atoms with Gasteiger partial charge < -0.3 is 5.11 Å². The van der Waals surface area contributed by atoms with Crippen molar-refractivity contribution in [2.45, 2.75) is 290 Å². The van der Waals surface area contributed by atoms with Gasteiger partial charge in [-0.1, -0.05) is 264 Å². The molecular formula is C46H92O2. The average Bonchev–Trinajstić information content (AvgIpc) is 3.09. The minimum absolute atomic E-state index is 0.0927. The van der Waals surface area contributed by atoms with E-state index in [4.69, 9.17) is 0 Å². The number of Topliss-reactive ketones (excluding diaryl/α,β-unsaturated/α-hetero) is 1. The highest BCUT2D eigenvalue weighted by Crippen LogP contribution is 2.18. The summed E-state index contributed by atoms with van der Waals surface area (Å²) in [7, 11) is 0. The van der Waals surface area contributed by atoms with Crippen molar-refractivity contribution in [3.63, 3.8) is 0 Å². The monoisotopic (exact) mass is 677 g/mol. The molecule has 0 aromatic carbocycles. The molecule has 0 saturated carbocycles. The van der Waals surface area contributed by atoms with E-state index < -0.39 is 6.10 Å². The molecule has 0 heterocycles. The number of hydrogen-bond acceptors (Lipinski definition) is 2. The lowest BCUT2D eigenvalue weighted by Gasteiger charge is -2.09. The summed E-state index contributed by atoms with van der Waals surface area (Å²) in [5.41, 5.74) is 0. The van der Waals surface area contributed by atoms with E-state index in [-0.39, 0.29) is 5.78 Å². The summed E-state index contributed by atoms with van der Waals surface area (Å²) in [4.78, 5) is 12.3. The molecule has 0 aromatic rings. The third-order valence-electron chi connectivity index (χ3n) is 11.0. The Labute approximate surface area is 304 Å². The Morgan fingerprint density at radius 1 is 0.312 bits per heavy atom. The summed E-state index contributed by atoms with van der Waals surface area (Å²) in [5.74, 6) is 0.0927. The van der Waals surface area contributed by atoms with Gasteiger partial charge >= 0.3 is 0 Å². The van der Waals surface area contributed by atoms with Crippen LogP contribution in [-0.4, -0.2) is 17.0 Å². The average molecular weight is 677 g/mol. The lowest BCUT2D eigenvalue weighted by atomic mass is 10.00. The number of hydrogen-bond donors (Lipinski definition) is 1. The standard InChI is InChI=1S/C46H92O2/c1-3-5-7-9-11-13-15-17-19-21-23-24-26-28-30-32-34-36-38-40-42-44-46(48)45(47)43-41-39-37-35-33-31-29-27-25-22-20-18-16-14-12-10-8-6-4-2/h46,48H,3-44H2,1-2H3. The molecule has 0 saturated heterocycles. The van der Waals surface area contributed by atoms with Gasteiger partial charge in [0.05, 0.1) is 0 Å². The molecule has 0 rings (SSSR count). The predicted molar refractivity (Wildman–Crippen MR) is 216 cm³/mol. The number of aliphatic hydroxyl groups is 1. The number of carbonyl (C=O) groups is 1. The second-order valence-electron chi connectivity index (χ2n) is 16.0. The molecule has 0 aromatic heterocycles. The topological polar surface area (TPSA) is 37.3 Å². The van der Waals surface area contributed by atoms with Crippen LogP contribution in [0.4, 0.5) is 0 Å². The molecule has 2 nitrogen and oxygen atoms in total. The summed E-state index contributed by atoms with van der Waals surface area (Å²) in [6, 6.07) is 0. The van der Waals surface area contributed by atoms with Crippen LogP contribution in [0.3, 0.4) is 0 Å². The molecule has 0 bridgehead atoms. The highest BCUT2D eigenvalue weighted by molar-refractivity contribution is 5.82. The Balaban J connectivity index is 3.25. The van der Waals surface area contributed by atoms with E-state index in [0.29, 0.717) is 12.8 Å². The van der Waals surface area contributed by atoms with Crippen LogP contribution in [0.15, 0.2) is 0 Å². The second kappa shape index (κ2) is 42.8. The van der Waals surface area contributed by atoms with Crippen LogP contribution in [0, 0.1) is 0 Å². The Kier molecular flexibility index (Phi) is 42.5. The Morgan fingerprint density at radius 3 is 0.729 bits per heavy atom. The Morgan fingerprint density at radius 2 is 0.500 bits per heavy atom. The van der Waals surface area contributed by atoms with Crippen molar-refractivity contribution in [2.75, 3.05) is 0 Å². The predicted octanol–water partition coefficient (Wildman–Crippen LogP) is 16.3. The van der Waals surface area contributed by atoms with Gasteiger partial charge in [0.15, 0.2) is 5.78 Å². The molecule has 0 fully saturated rings. The van der Waals surface area contributed by atoms with Crippen LogP contribution in [0.2, 0.25) is 0 Å². The first kappa shape index (κ1) is 47.6. The van der Waals surface area contributed by atoms with Crippen LogP contribution < -0.4 is 0 Å². The van der Waals surface area contributed by atoms with Crippen molar-refractivity contribution in [3.8, 4) is 0 Å². The van der Waals surface area contributed by atoms with E-state index in [0.717, 1.165) is 19.3 Å². The van der Waals surface area contributed by atoms with Crippen molar-refractivity contribution in [2.24, 2.45) is 0 Å². The lowest BCUT2D eigenvalue weighted by molar-refractivity contribution is -0.127. The van der Waals surface area contributed by atoms with Gasteiger partial charge in [-0.3, -0.25) is 4.79 Å². The fourth-order valence-corrected chi connectivity index (χ4v) is 7.47. The van der Waals surface area contributed by atoms with E-state index >= 15 is 0 Å². The van der Waals surface area contributed by atoms with Gasteiger partial charge in [-0.2, -0.15) is 0 Å². The minimum atomic E-state index is -0.708. The quantitative estimate of drug-likeness (QED) is 0.0653. The van der Waals surface area contributed by atoms with Gasteiger partial charge in [0.2, 0.25) is 0 Å². The summed E-state index contributed by atoms with van der Waals surface area (Å²) < 4.78 is 0. The second-order valence-corrected chi connectivity index (χ2v) is 16.0. The van der Waals surface area contributed by atoms with Crippen molar-refractivity contribution in [1.29, 1.82) is 0 Å². The van der Waals surface area contributed by atoms with Crippen molar-refractivity contribution in [3.05, 3.63) is 0 Å². The van der Waals surface area contributed by atoms with Gasteiger partial charge in [0.25, 0.3) is 0 Å². The van der Waals surface area contributed by atoms with E-state index in [2.05, 4.69) is 13.8 Å². The first-order valence-electron chi connectivity index (χ1n) is 22.9. The van der Waals surface area contributed by atoms with E-state index in [1.807, 2.05) is 0 Å². The molecule has 0 amide bonds. The molecule has 1 unspecified atom stereocenters. The lowest BCUT2D eigenvalue weighted by Crippen LogP contribution is -2.19. The number of ketones is 1. The molecule has 0 radical (unpaired) electrons. The smallest absolute Gasteiger partial charge is 0.161 e. The molecule has 0 aliphatic rings. The maximum atomic E-state index is 12.3. The van der Waals surface area contributed by atoms with Crippen LogP contribution in [0.1, 0.15) is 284 Å². The zero-order valence-corrected chi connectivity index (χ0v) is 33.6. The van der Waals surface area contributed by atoms with E-state index in [1.165, 1.54) is 238 Å². The maximum Gasteiger partial charge on any atom is 0.161 e. The highest BCUT2D eigenvalue weighted by atomic mass is 16.3. The zero-order valence-electron chi connectivity index (χ0n) is 33.6. The number of unbranched alkanes of at least 4 members (excludes halogenated alkanes) is 38. The van der Waals surface area contributed by atoms with E-state index in [9.17, 15) is 9.90 Å². The maximum absolute atomic E-state index is 12.3. The normalized spacial score (nSPS) is 12.2. The third kappa shape index (κ3) is 40.1. The van der Waals surface area contributed by atoms with Crippen LogP contribution in [0.25, 0.3) is 0 Å². The molecule has 0 aliphatic heterocycles. The minimum Gasteiger partial charge on any atom is -0.385 e. The van der Waals surface area contributed by atoms with Crippen molar-refractivity contribution < 1.29 is 9.90 Å². The van der Waals surface area contributed by atoms with Gasteiger partial charge in [-0.25, -0.2) is 0 Å². The van der Waals surface area contributed by atoms with Crippen LogP contribution in [0.5, 0.6) is 0 Å². The summed E-state index contributed by atoms with van der Waals surface area (Å²) in [6.07, 6.45) is 55.7. The molecule has 1 atom stereocenters. The first-order chi connectivity index (χ1) is 23.7. The van der Waals surface area contributed by atoms with Crippen molar-refractivity contribution >= 4 is 5.78 Å².